The van der Waals surface area contributed by atoms with Crippen LogP contribution in [0.4, 0.5) is 0 Å². The molecular formula is C19H17ClN2OS2. The van der Waals surface area contributed by atoms with Gasteiger partial charge in [0.25, 0.3) is 5.91 Å². The van der Waals surface area contributed by atoms with E-state index in [0.717, 1.165) is 38.3 Å². The summed E-state index contributed by atoms with van der Waals surface area (Å²) in [6.45, 7) is 0. The highest BCUT2D eigenvalue weighted by molar-refractivity contribution is 8.18. The van der Waals surface area contributed by atoms with Gasteiger partial charge in [0.05, 0.1) is 10.9 Å². The molecule has 0 unspecified atom stereocenters. The number of hydrogen-bond donors (Lipinski definition) is 1. The molecule has 1 aromatic carbocycles. The minimum absolute atomic E-state index is 0.0607. The zero-order valence-corrected chi connectivity index (χ0v) is 15.9. The number of nitrogens with zero attached hydrogens (tertiary/aromatic N) is 1. The SMILES string of the molecule is O=C1NC(=NC2CCCC2)S/C1=C\c1ccc(-c2ccccc2Cl)s1. The van der Waals surface area contributed by atoms with E-state index in [9.17, 15) is 4.79 Å². The van der Waals surface area contributed by atoms with Crippen molar-refractivity contribution in [3.05, 3.63) is 51.2 Å². The van der Waals surface area contributed by atoms with E-state index in [1.165, 1.54) is 24.6 Å². The number of thioether (sulfide) groups is 1. The lowest BCUT2D eigenvalue weighted by Gasteiger charge is -2.02. The van der Waals surface area contributed by atoms with Crippen LogP contribution in [0.1, 0.15) is 30.6 Å². The Hall–Kier alpha value is -1.56. The molecule has 1 aliphatic heterocycles. The van der Waals surface area contributed by atoms with Crippen molar-refractivity contribution >= 4 is 51.9 Å². The number of amides is 1. The second-order valence-electron chi connectivity index (χ2n) is 6.12. The molecule has 4 rings (SSSR count). The van der Waals surface area contributed by atoms with Crippen molar-refractivity contribution in [2.75, 3.05) is 0 Å². The van der Waals surface area contributed by atoms with E-state index in [-0.39, 0.29) is 5.91 Å². The Kier molecular flexibility index (Phi) is 4.97. The molecule has 1 saturated carbocycles. The van der Waals surface area contributed by atoms with Crippen LogP contribution >= 0.6 is 34.7 Å². The number of carbonyl (C=O) groups is 1. The highest BCUT2D eigenvalue weighted by Gasteiger charge is 2.25. The van der Waals surface area contributed by atoms with Crippen LogP contribution in [0.25, 0.3) is 16.5 Å². The number of halogens is 1. The van der Waals surface area contributed by atoms with Crippen LogP contribution in [0.3, 0.4) is 0 Å². The van der Waals surface area contributed by atoms with Crippen molar-refractivity contribution in [3.63, 3.8) is 0 Å². The van der Waals surface area contributed by atoms with Crippen LogP contribution in [0.5, 0.6) is 0 Å². The van der Waals surface area contributed by atoms with Crippen LogP contribution in [-0.4, -0.2) is 17.1 Å². The number of nitrogens with one attached hydrogen (secondary N) is 1. The van der Waals surface area contributed by atoms with Crippen LogP contribution in [-0.2, 0) is 4.79 Å². The van der Waals surface area contributed by atoms with Crippen molar-refractivity contribution in [2.45, 2.75) is 31.7 Å². The predicted molar refractivity (Wildman–Crippen MR) is 108 cm³/mol. The van der Waals surface area contributed by atoms with Gasteiger partial charge in [0.15, 0.2) is 5.17 Å². The zero-order valence-electron chi connectivity index (χ0n) is 13.5. The molecule has 6 heteroatoms. The monoisotopic (exact) mass is 388 g/mol. The molecule has 25 heavy (non-hydrogen) atoms. The largest absolute Gasteiger partial charge is 0.301 e. The maximum atomic E-state index is 12.2. The molecule has 0 spiro atoms. The summed E-state index contributed by atoms with van der Waals surface area (Å²) >= 11 is 9.34. The number of hydrogen-bond acceptors (Lipinski definition) is 4. The highest BCUT2D eigenvalue weighted by Crippen LogP contribution is 2.35. The number of thiophene rings is 1. The maximum absolute atomic E-state index is 12.2. The van der Waals surface area contributed by atoms with E-state index in [2.05, 4.69) is 10.3 Å². The van der Waals surface area contributed by atoms with E-state index >= 15 is 0 Å². The van der Waals surface area contributed by atoms with Crippen molar-refractivity contribution in [2.24, 2.45) is 4.99 Å². The summed E-state index contributed by atoms with van der Waals surface area (Å²) in [6.07, 6.45) is 6.67. The molecule has 3 nitrogen and oxygen atoms in total. The molecule has 1 aromatic heterocycles. The summed E-state index contributed by atoms with van der Waals surface area (Å²) in [7, 11) is 0. The summed E-state index contributed by atoms with van der Waals surface area (Å²) in [6, 6.07) is 12.2. The summed E-state index contributed by atoms with van der Waals surface area (Å²) in [4.78, 5) is 19.7. The summed E-state index contributed by atoms with van der Waals surface area (Å²) in [5, 5.41) is 4.37. The predicted octanol–water partition coefficient (Wildman–Crippen LogP) is 5.57. The Labute approximate surface area is 160 Å². The molecule has 0 atom stereocenters. The number of amidine groups is 1. The zero-order chi connectivity index (χ0) is 17.2. The van der Waals surface area contributed by atoms with E-state index in [1.54, 1.807) is 11.3 Å². The van der Waals surface area contributed by atoms with Crippen molar-refractivity contribution in [1.29, 1.82) is 0 Å². The van der Waals surface area contributed by atoms with Crippen molar-refractivity contribution < 1.29 is 4.79 Å². The van der Waals surface area contributed by atoms with Gasteiger partial charge in [-0.2, -0.15) is 0 Å². The van der Waals surface area contributed by atoms with E-state index in [1.807, 2.05) is 42.5 Å². The molecule has 128 valence electrons. The van der Waals surface area contributed by atoms with Crippen LogP contribution in [0.2, 0.25) is 5.02 Å². The first-order valence-electron chi connectivity index (χ1n) is 8.32. The normalized spacial score (nSPS) is 21.4. The first-order chi connectivity index (χ1) is 12.2. The van der Waals surface area contributed by atoms with Crippen LogP contribution < -0.4 is 5.32 Å². The van der Waals surface area contributed by atoms with E-state index < -0.39 is 0 Å². The summed E-state index contributed by atoms with van der Waals surface area (Å²) in [5.41, 5.74) is 1.02. The third-order valence-corrected chi connectivity index (χ3v) is 6.63. The van der Waals surface area contributed by atoms with Gasteiger partial charge in [-0.05, 0) is 48.9 Å². The molecule has 2 aliphatic rings. The van der Waals surface area contributed by atoms with E-state index in [4.69, 9.17) is 11.6 Å². The number of benzene rings is 1. The quantitative estimate of drug-likeness (QED) is 0.698. The topological polar surface area (TPSA) is 41.5 Å². The van der Waals surface area contributed by atoms with Crippen molar-refractivity contribution in [1.82, 2.24) is 5.32 Å². The van der Waals surface area contributed by atoms with Gasteiger partial charge in [-0.3, -0.25) is 9.79 Å². The van der Waals surface area contributed by atoms with Gasteiger partial charge in [0.1, 0.15) is 0 Å². The fraction of sp³-hybridized carbons (Fsp3) is 0.263. The number of rotatable bonds is 3. The minimum atomic E-state index is -0.0607. The standard InChI is InChI=1S/C19H17ClN2OS2/c20-15-8-4-3-7-14(15)16-10-9-13(24-16)11-17-18(23)22-19(25-17)21-12-5-1-2-6-12/h3-4,7-12H,1-2,5-6H2,(H,21,22,23)/b17-11-. The van der Waals surface area contributed by atoms with Crippen LogP contribution in [0.15, 0.2) is 46.3 Å². The second-order valence-corrected chi connectivity index (χ2v) is 8.67. The Morgan fingerprint density at radius 3 is 2.76 bits per heavy atom. The van der Waals surface area contributed by atoms with Gasteiger partial charge < -0.3 is 5.32 Å². The Bertz CT molecular complexity index is 866. The Balaban J connectivity index is 1.53. The number of carbonyl (C=O) groups excluding carboxylic acids is 1. The van der Waals surface area contributed by atoms with Gasteiger partial charge in [-0.25, -0.2) is 0 Å². The average Bonchev–Trinajstić information content (AvgIpc) is 3.32. The summed E-state index contributed by atoms with van der Waals surface area (Å²) in [5.74, 6) is -0.0607. The lowest BCUT2D eigenvalue weighted by Crippen LogP contribution is -2.21. The smallest absolute Gasteiger partial charge is 0.264 e. The Morgan fingerprint density at radius 1 is 1.16 bits per heavy atom. The summed E-state index contributed by atoms with van der Waals surface area (Å²) < 4.78 is 0. The molecule has 1 N–H and O–H groups in total. The van der Waals surface area contributed by atoms with Gasteiger partial charge in [0.2, 0.25) is 0 Å². The molecule has 2 fully saturated rings. The van der Waals surface area contributed by atoms with Crippen LogP contribution in [0, 0.1) is 0 Å². The number of aliphatic imine (C=N–C) groups is 1. The molecule has 1 saturated heterocycles. The molecule has 0 radical (unpaired) electrons. The maximum Gasteiger partial charge on any atom is 0.264 e. The first-order valence-corrected chi connectivity index (χ1v) is 10.3. The third kappa shape index (κ3) is 3.84. The van der Waals surface area contributed by atoms with Gasteiger partial charge in [-0.1, -0.05) is 42.6 Å². The van der Waals surface area contributed by atoms with Gasteiger partial charge >= 0.3 is 0 Å². The van der Waals surface area contributed by atoms with Gasteiger partial charge in [0, 0.05) is 20.3 Å². The average molecular weight is 389 g/mol. The fourth-order valence-electron chi connectivity index (χ4n) is 3.05. The first kappa shape index (κ1) is 16.9. The second kappa shape index (κ2) is 7.36. The molecule has 2 aromatic rings. The van der Waals surface area contributed by atoms with Gasteiger partial charge in [-0.15, -0.1) is 11.3 Å². The molecule has 0 bridgehead atoms. The lowest BCUT2D eigenvalue weighted by atomic mass is 10.2. The molecule has 1 amide bonds. The lowest BCUT2D eigenvalue weighted by molar-refractivity contribution is -0.115. The fourth-order valence-corrected chi connectivity index (χ4v) is 5.30. The highest BCUT2D eigenvalue weighted by atomic mass is 35.5. The van der Waals surface area contributed by atoms with E-state index in [0.29, 0.717) is 10.9 Å². The molecule has 1 aliphatic carbocycles. The third-order valence-electron chi connectivity index (χ3n) is 4.31. The minimum Gasteiger partial charge on any atom is -0.301 e. The Morgan fingerprint density at radius 2 is 1.96 bits per heavy atom. The molecular weight excluding hydrogens is 372 g/mol. The van der Waals surface area contributed by atoms with Crippen molar-refractivity contribution in [3.8, 4) is 10.4 Å². The molecule has 2 heterocycles.